The number of anilines is 1. The second kappa shape index (κ2) is 9.18. The molecule has 0 fully saturated rings. The van der Waals surface area contributed by atoms with E-state index < -0.39 is 6.10 Å². The van der Waals surface area contributed by atoms with Gasteiger partial charge in [0.15, 0.2) is 0 Å². The van der Waals surface area contributed by atoms with Gasteiger partial charge in [-0.1, -0.05) is 41.9 Å². The Morgan fingerprint density at radius 3 is 2.43 bits per heavy atom. The average Bonchev–Trinajstić information content (AvgIpc) is 2.56. The number of para-hydroxylation sites is 1. The number of benzene rings is 2. The Balaban J connectivity index is 1.62. The Hall–Kier alpha value is -2.04. The largest absolute Gasteiger partial charge is 0.388 e. The molecule has 0 aliphatic heterocycles. The third kappa shape index (κ3) is 6.30. The van der Waals surface area contributed by atoms with E-state index in [-0.39, 0.29) is 12.3 Å². The van der Waals surface area contributed by atoms with Crippen LogP contribution < -0.4 is 10.6 Å². The number of hydrogen-bond acceptors (Lipinski definition) is 3. The van der Waals surface area contributed by atoms with Gasteiger partial charge < -0.3 is 15.7 Å². The topological polar surface area (TPSA) is 61.4 Å². The number of aliphatic hydroxyl groups is 1. The van der Waals surface area contributed by atoms with E-state index in [9.17, 15) is 9.90 Å². The van der Waals surface area contributed by atoms with Gasteiger partial charge in [-0.3, -0.25) is 4.79 Å². The SMILES string of the molecule is O=C(CC(O)c1ccc(Cl)cc1)NCCCNc1ccccc1. The molecule has 0 aromatic heterocycles. The Morgan fingerprint density at radius 2 is 1.74 bits per heavy atom. The molecule has 5 heteroatoms. The van der Waals surface area contributed by atoms with Crippen LogP contribution in [0.25, 0.3) is 0 Å². The maximum Gasteiger partial charge on any atom is 0.222 e. The number of amides is 1. The molecule has 0 aliphatic rings. The van der Waals surface area contributed by atoms with Crippen LogP contribution in [-0.4, -0.2) is 24.1 Å². The molecule has 0 spiro atoms. The maximum absolute atomic E-state index is 11.8. The minimum atomic E-state index is -0.810. The molecular formula is C18H21ClN2O2. The predicted molar refractivity (Wildman–Crippen MR) is 93.6 cm³/mol. The van der Waals surface area contributed by atoms with Crippen LogP contribution in [0.4, 0.5) is 5.69 Å². The predicted octanol–water partition coefficient (Wildman–Crippen LogP) is 3.38. The lowest BCUT2D eigenvalue weighted by molar-refractivity contribution is -0.123. The number of halogens is 1. The fraction of sp³-hybridized carbons (Fsp3) is 0.278. The summed E-state index contributed by atoms with van der Waals surface area (Å²) in [4.78, 5) is 11.8. The summed E-state index contributed by atoms with van der Waals surface area (Å²) in [6.45, 7) is 1.36. The Morgan fingerprint density at radius 1 is 1.04 bits per heavy atom. The van der Waals surface area contributed by atoms with Crippen LogP contribution in [0, 0.1) is 0 Å². The number of rotatable bonds is 8. The van der Waals surface area contributed by atoms with E-state index >= 15 is 0 Å². The van der Waals surface area contributed by atoms with Gasteiger partial charge in [0.05, 0.1) is 12.5 Å². The van der Waals surface area contributed by atoms with Crippen LogP contribution in [0.15, 0.2) is 54.6 Å². The number of hydrogen-bond donors (Lipinski definition) is 3. The van der Waals surface area contributed by atoms with Gasteiger partial charge in [0.1, 0.15) is 0 Å². The maximum atomic E-state index is 11.8. The second-order valence-corrected chi connectivity index (χ2v) is 5.70. The molecule has 2 aromatic rings. The van der Waals surface area contributed by atoms with Crippen molar-refractivity contribution >= 4 is 23.2 Å². The lowest BCUT2D eigenvalue weighted by Crippen LogP contribution is -2.27. The molecule has 0 saturated carbocycles. The summed E-state index contributed by atoms with van der Waals surface area (Å²) in [5, 5.41) is 16.7. The Kier molecular flexibility index (Phi) is 6.91. The molecule has 23 heavy (non-hydrogen) atoms. The van der Waals surface area contributed by atoms with Gasteiger partial charge in [-0.25, -0.2) is 0 Å². The molecule has 2 rings (SSSR count). The summed E-state index contributed by atoms with van der Waals surface area (Å²) in [5.74, 6) is -0.160. The average molecular weight is 333 g/mol. The molecule has 3 N–H and O–H groups in total. The van der Waals surface area contributed by atoms with E-state index in [2.05, 4.69) is 10.6 Å². The van der Waals surface area contributed by atoms with Gasteiger partial charge in [-0.2, -0.15) is 0 Å². The van der Waals surface area contributed by atoms with Crippen molar-refractivity contribution in [3.05, 3.63) is 65.2 Å². The molecule has 0 radical (unpaired) electrons. The van der Waals surface area contributed by atoms with Crippen molar-refractivity contribution < 1.29 is 9.90 Å². The zero-order chi connectivity index (χ0) is 16.5. The van der Waals surface area contributed by atoms with Crippen LogP contribution in [0.5, 0.6) is 0 Å². The van der Waals surface area contributed by atoms with Gasteiger partial charge >= 0.3 is 0 Å². The van der Waals surface area contributed by atoms with E-state index in [1.165, 1.54) is 0 Å². The number of aliphatic hydroxyl groups excluding tert-OH is 1. The molecule has 1 atom stereocenters. The summed E-state index contributed by atoms with van der Waals surface area (Å²) in [7, 11) is 0. The van der Waals surface area contributed by atoms with Gasteiger partial charge in [-0.05, 0) is 36.2 Å². The first-order valence-electron chi connectivity index (χ1n) is 7.64. The molecular weight excluding hydrogens is 312 g/mol. The first kappa shape index (κ1) is 17.3. The fourth-order valence-electron chi connectivity index (χ4n) is 2.16. The molecule has 0 aliphatic carbocycles. The quantitative estimate of drug-likeness (QED) is 0.649. The van der Waals surface area contributed by atoms with Crippen molar-refractivity contribution in [3.63, 3.8) is 0 Å². The molecule has 0 bridgehead atoms. The van der Waals surface area contributed by atoms with Crippen LogP contribution >= 0.6 is 11.6 Å². The van der Waals surface area contributed by atoms with E-state index in [0.29, 0.717) is 17.1 Å². The fourth-order valence-corrected chi connectivity index (χ4v) is 2.28. The summed E-state index contributed by atoms with van der Waals surface area (Å²) in [5.41, 5.74) is 1.76. The van der Waals surface area contributed by atoms with E-state index in [1.807, 2.05) is 30.3 Å². The highest BCUT2D eigenvalue weighted by Gasteiger charge is 2.12. The van der Waals surface area contributed by atoms with E-state index in [4.69, 9.17) is 11.6 Å². The zero-order valence-electron chi connectivity index (χ0n) is 12.8. The second-order valence-electron chi connectivity index (χ2n) is 5.27. The van der Waals surface area contributed by atoms with Gasteiger partial charge in [0, 0.05) is 23.8 Å². The van der Waals surface area contributed by atoms with Crippen molar-refractivity contribution in [2.24, 2.45) is 0 Å². The smallest absolute Gasteiger partial charge is 0.222 e. The lowest BCUT2D eigenvalue weighted by atomic mass is 10.1. The number of carbonyl (C=O) groups excluding carboxylic acids is 1. The van der Waals surface area contributed by atoms with Gasteiger partial charge in [0.2, 0.25) is 5.91 Å². The lowest BCUT2D eigenvalue weighted by Gasteiger charge is -2.12. The summed E-state index contributed by atoms with van der Waals surface area (Å²) >= 11 is 5.80. The summed E-state index contributed by atoms with van der Waals surface area (Å²) < 4.78 is 0. The first-order valence-corrected chi connectivity index (χ1v) is 8.02. The highest BCUT2D eigenvalue weighted by molar-refractivity contribution is 6.30. The third-order valence-corrected chi connectivity index (χ3v) is 3.66. The van der Waals surface area contributed by atoms with E-state index in [1.54, 1.807) is 24.3 Å². The van der Waals surface area contributed by atoms with Crippen molar-refractivity contribution in [2.75, 3.05) is 18.4 Å². The minimum Gasteiger partial charge on any atom is -0.388 e. The minimum absolute atomic E-state index is 0.0494. The molecule has 122 valence electrons. The molecule has 0 heterocycles. The standard InChI is InChI=1S/C18H21ClN2O2/c19-15-9-7-14(8-10-15)17(22)13-18(23)21-12-4-11-20-16-5-2-1-3-6-16/h1-3,5-10,17,20,22H,4,11-13H2,(H,21,23). The van der Waals surface area contributed by atoms with Crippen LogP contribution in [-0.2, 0) is 4.79 Å². The number of carbonyl (C=O) groups is 1. The Labute approximate surface area is 141 Å². The molecule has 4 nitrogen and oxygen atoms in total. The summed E-state index contributed by atoms with van der Waals surface area (Å²) in [6, 6.07) is 16.8. The highest BCUT2D eigenvalue weighted by atomic mass is 35.5. The van der Waals surface area contributed by atoms with Crippen molar-refractivity contribution in [1.29, 1.82) is 0 Å². The summed E-state index contributed by atoms with van der Waals surface area (Å²) in [6.07, 6.45) is 0.0560. The monoisotopic (exact) mass is 332 g/mol. The van der Waals surface area contributed by atoms with Gasteiger partial charge in [-0.15, -0.1) is 0 Å². The van der Waals surface area contributed by atoms with Crippen LogP contribution in [0.3, 0.4) is 0 Å². The van der Waals surface area contributed by atoms with Crippen LogP contribution in [0.2, 0.25) is 5.02 Å². The normalized spacial score (nSPS) is 11.7. The van der Waals surface area contributed by atoms with Crippen molar-refractivity contribution in [2.45, 2.75) is 18.9 Å². The van der Waals surface area contributed by atoms with Crippen molar-refractivity contribution in [3.8, 4) is 0 Å². The van der Waals surface area contributed by atoms with E-state index in [0.717, 1.165) is 18.7 Å². The third-order valence-electron chi connectivity index (χ3n) is 3.41. The van der Waals surface area contributed by atoms with Crippen molar-refractivity contribution in [1.82, 2.24) is 5.32 Å². The van der Waals surface area contributed by atoms with Gasteiger partial charge in [0.25, 0.3) is 0 Å². The van der Waals surface area contributed by atoms with Crippen LogP contribution in [0.1, 0.15) is 24.5 Å². The molecule has 1 amide bonds. The first-order chi connectivity index (χ1) is 11.1. The number of nitrogens with one attached hydrogen (secondary N) is 2. The zero-order valence-corrected chi connectivity index (χ0v) is 13.6. The highest BCUT2D eigenvalue weighted by Crippen LogP contribution is 2.18. The molecule has 0 saturated heterocycles. The molecule has 2 aromatic carbocycles. The molecule has 1 unspecified atom stereocenters. The Bertz CT molecular complexity index is 602.